The molecule has 1 aliphatic rings. The molecule has 0 N–H and O–H groups in total. The monoisotopic (exact) mass is 317 g/mol. The first-order chi connectivity index (χ1) is 10.9. The highest BCUT2D eigenvalue weighted by Crippen LogP contribution is 2.12. The molecule has 0 saturated heterocycles. The predicted octanol–water partition coefficient (Wildman–Crippen LogP) is 6.59. The van der Waals surface area contributed by atoms with E-state index in [1.165, 1.54) is 44.1 Å². The van der Waals surface area contributed by atoms with Crippen molar-refractivity contribution in [2.24, 2.45) is 0 Å². The summed E-state index contributed by atoms with van der Waals surface area (Å²) in [5.41, 5.74) is 1.34. The van der Waals surface area contributed by atoms with Crippen LogP contribution in [0.25, 0.3) is 0 Å². The summed E-state index contributed by atoms with van der Waals surface area (Å²) in [5, 5.41) is 2.14. The maximum absolute atomic E-state index is 2.26. The minimum atomic E-state index is 0.953. The maximum Gasteiger partial charge on any atom is 0.0470 e. The van der Waals surface area contributed by atoms with E-state index in [-0.39, 0.29) is 0 Å². The predicted molar refractivity (Wildman–Crippen MR) is 102 cm³/mol. The Morgan fingerprint density at radius 1 is 0.909 bits per heavy atom. The van der Waals surface area contributed by atoms with Crippen LogP contribution in [0.2, 0.25) is 0 Å². The lowest BCUT2D eigenvalue weighted by Gasteiger charge is -2.14. The van der Waals surface area contributed by atoms with Gasteiger partial charge in [-0.15, -0.1) is 11.8 Å². The molecular weight excluding hydrogens is 286 g/mol. The van der Waals surface area contributed by atoms with Crippen LogP contribution >= 0.6 is 11.8 Å². The highest BCUT2D eigenvalue weighted by molar-refractivity contribution is 8.02. The summed E-state index contributed by atoms with van der Waals surface area (Å²) in [6, 6.07) is 10.5. The van der Waals surface area contributed by atoms with E-state index in [1.807, 2.05) is 17.8 Å². The average molecular weight is 318 g/mol. The molecule has 1 aliphatic heterocycles. The first kappa shape index (κ1) is 18.9. The van der Waals surface area contributed by atoms with Gasteiger partial charge in [-0.1, -0.05) is 88.8 Å². The topological polar surface area (TPSA) is 3.24 Å². The Bertz CT molecular complexity index is 391. The van der Waals surface area contributed by atoms with Crippen molar-refractivity contribution in [3.8, 4) is 0 Å². The van der Waals surface area contributed by atoms with Gasteiger partial charge in [0.25, 0.3) is 0 Å². The van der Waals surface area contributed by atoms with E-state index < -0.39 is 0 Å². The van der Waals surface area contributed by atoms with Crippen molar-refractivity contribution < 1.29 is 0 Å². The molecule has 0 unspecified atom stereocenters. The fraction of sp³-hybridized carbons (Fsp3) is 0.500. The van der Waals surface area contributed by atoms with Crippen LogP contribution in [-0.2, 0) is 6.54 Å². The van der Waals surface area contributed by atoms with Crippen LogP contribution in [0.4, 0.5) is 0 Å². The van der Waals surface area contributed by atoms with Crippen molar-refractivity contribution in [3.05, 3.63) is 59.8 Å². The lowest BCUT2D eigenvalue weighted by Crippen LogP contribution is -2.07. The van der Waals surface area contributed by atoms with Crippen LogP contribution in [0.5, 0.6) is 0 Å². The third-order valence-corrected chi connectivity index (χ3v) is 4.20. The molecule has 0 aromatic heterocycles. The Morgan fingerprint density at radius 2 is 1.59 bits per heavy atom. The molecule has 0 saturated carbocycles. The smallest absolute Gasteiger partial charge is 0.0470 e. The van der Waals surface area contributed by atoms with Crippen molar-refractivity contribution in [3.63, 3.8) is 0 Å². The number of hydrogen-bond acceptors (Lipinski definition) is 2. The fourth-order valence-electron chi connectivity index (χ4n) is 2.21. The molecule has 0 amide bonds. The van der Waals surface area contributed by atoms with Gasteiger partial charge in [0, 0.05) is 24.7 Å². The summed E-state index contributed by atoms with van der Waals surface area (Å²) in [5.74, 6) is 1.07. The van der Waals surface area contributed by atoms with Gasteiger partial charge in [-0.25, -0.2) is 0 Å². The largest absolute Gasteiger partial charge is 0.350 e. The van der Waals surface area contributed by atoms with Crippen LogP contribution < -0.4 is 0 Å². The molecule has 1 nitrogen and oxygen atoms in total. The van der Waals surface area contributed by atoms with Gasteiger partial charge in [0.1, 0.15) is 0 Å². The van der Waals surface area contributed by atoms with Crippen LogP contribution in [0.15, 0.2) is 54.2 Å². The minimum absolute atomic E-state index is 0.953. The Labute approximate surface area is 141 Å². The summed E-state index contributed by atoms with van der Waals surface area (Å²) in [6.07, 6.45) is 14.9. The normalized spacial score (nSPS) is 13.5. The standard InChI is InChI=1S/C12H13NS.C8H18/c1-2-5-12(6-3-1)11-13-7-4-9-14-10-8-13;1-3-5-7-8-6-4-2/h1-8,10H,9,11H2;3-8H2,1-2H3. The van der Waals surface area contributed by atoms with Gasteiger partial charge in [-0.2, -0.15) is 0 Å². The van der Waals surface area contributed by atoms with E-state index >= 15 is 0 Å². The molecule has 0 spiro atoms. The van der Waals surface area contributed by atoms with Gasteiger partial charge >= 0.3 is 0 Å². The lowest BCUT2D eigenvalue weighted by molar-refractivity contribution is 0.502. The molecule has 1 aromatic carbocycles. The van der Waals surface area contributed by atoms with Crippen molar-refractivity contribution in [2.75, 3.05) is 5.75 Å². The third kappa shape index (κ3) is 9.73. The van der Waals surface area contributed by atoms with Crippen LogP contribution in [0.3, 0.4) is 0 Å². The second-order valence-corrected chi connectivity index (χ2v) is 6.51. The molecule has 0 radical (unpaired) electrons. The molecule has 122 valence electrons. The zero-order chi connectivity index (χ0) is 15.9. The summed E-state index contributed by atoms with van der Waals surface area (Å²) in [4.78, 5) is 2.20. The van der Waals surface area contributed by atoms with Gasteiger partial charge in [0.05, 0.1) is 0 Å². The molecule has 1 aromatic rings. The molecule has 1 heterocycles. The summed E-state index contributed by atoms with van der Waals surface area (Å²) >= 11 is 1.82. The quantitative estimate of drug-likeness (QED) is 0.522. The SMILES string of the molecule is C1=CN(Cc2ccccc2)C=CSC1.CCCCCCCC. The van der Waals surface area contributed by atoms with Gasteiger partial charge in [0.15, 0.2) is 0 Å². The van der Waals surface area contributed by atoms with Crippen molar-refractivity contribution >= 4 is 11.8 Å². The van der Waals surface area contributed by atoms with Crippen LogP contribution in [-0.4, -0.2) is 10.7 Å². The van der Waals surface area contributed by atoms with E-state index in [9.17, 15) is 0 Å². The third-order valence-electron chi connectivity index (χ3n) is 3.50. The highest BCUT2D eigenvalue weighted by atomic mass is 32.2. The number of nitrogens with zero attached hydrogens (tertiary/aromatic N) is 1. The zero-order valence-electron chi connectivity index (χ0n) is 14.2. The van der Waals surface area contributed by atoms with Crippen molar-refractivity contribution in [2.45, 2.75) is 58.9 Å². The molecular formula is C20H31NS. The molecule has 0 atom stereocenters. The molecule has 0 fully saturated rings. The zero-order valence-corrected chi connectivity index (χ0v) is 15.0. The van der Waals surface area contributed by atoms with Crippen molar-refractivity contribution in [1.29, 1.82) is 0 Å². The first-order valence-corrected chi connectivity index (χ1v) is 9.66. The molecule has 0 aliphatic carbocycles. The van der Waals surface area contributed by atoms with Gasteiger partial charge in [-0.05, 0) is 11.0 Å². The summed E-state index contributed by atoms with van der Waals surface area (Å²) in [7, 11) is 0. The van der Waals surface area contributed by atoms with Gasteiger partial charge in [0.2, 0.25) is 0 Å². The number of hydrogen-bond donors (Lipinski definition) is 0. The number of thioether (sulfide) groups is 1. The average Bonchev–Trinajstić information content (AvgIpc) is 2.82. The Morgan fingerprint density at radius 3 is 2.23 bits per heavy atom. The van der Waals surface area contributed by atoms with E-state index in [0.29, 0.717) is 0 Å². The maximum atomic E-state index is 2.26. The molecule has 22 heavy (non-hydrogen) atoms. The van der Waals surface area contributed by atoms with Crippen LogP contribution in [0, 0.1) is 0 Å². The van der Waals surface area contributed by atoms with Crippen molar-refractivity contribution in [1.82, 2.24) is 4.90 Å². The van der Waals surface area contributed by atoms with Crippen LogP contribution in [0.1, 0.15) is 57.9 Å². The Kier molecular flexibility index (Phi) is 11.6. The second kappa shape index (κ2) is 13.5. The Hall–Kier alpha value is -1.15. The van der Waals surface area contributed by atoms with E-state index in [0.717, 1.165) is 12.3 Å². The first-order valence-electron chi connectivity index (χ1n) is 8.61. The minimum Gasteiger partial charge on any atom is -0.350 e. The fourth-order valence-corrected chi connectivity index (χ4v) is 2.76. The second-order valence-electron chi connectivity index (χ2n) is 5.58. The Balaban J connectivity index is 0.000000261. The van der Waals surface area contributed by atoms with E-state index in [1.54, 1.807) is 0 Å². The highest BCUT2D eigenvalue weighted by Gasteiger charge is 1.98. The number of unbranched alkanes of at least 4 members (excludes halogenated alkanes) is 5. The molecule has 0 bridgehead atoms. The van der Waals surface area contributed by atoms with Gasteiger partial charge < -0.3 is 4.90 Å². The lowest BCUT2D eigenvalue weighted by atomic mass is 10.1. The van der Waals surface area contributed by atoms with E-state index in [2.05, 4.69) is 66.9 Å². The number of rotatable bonds is 7. The molecule has 2 heteroatoms. The summed E-state index contributed by atoms with van der Waals surface area (Å²) < 4.78 is 0. The number of benzene rings is 1. The summed E-state index contributed by atoms with van der Waals surface area (Å²) in [6.45, 7) is 5.46. The van der Waals surface area contributed by atoms with E-state index in [4.69, 9.17) is 0 Å². The van der Waals surface area contributed by atoms with Gasteiger partial charge in [-0.3, -0.25) is 0 Å². The molecule has 2 rings (SSSR count).